The Morgan fingerprint density at radius 2 is 2.00 bits per heavy atom. The van der Waals surface area contributed by atoms with Gasteiger partial charge in [0.05, 0.1) is 11.9 Å². The molecule has 0 heterocycles. The summed E-state index contributed by atoms with van der Waals surface area (Å²) in [6, 6.07) is 0. The van der Waals surface area contributed by atoms with E-state index in [1.807, 2.05) is 0 Å². The lowest BCUT2D eigenvalue weighted by Gasteiger charge is -2.53. The van der Waals surface area contributed by atoms with Crippen molar-refractivity contribution in [3.63, 3.8) is 0 Å². The minimum Gasteiger partial charge on any atom is -0.393 e. The molecule has 4 aliphatic carbocycles. The van der Waals surface area contributed by atoms with Crippen molar-refractivity contribution in [3.8, 4) is 0 Å². The Bertz CT molecular complexity index is 745. The first-order valence-corrected chi connectivity index (χ1v) is 13.1. The number of allylic oxidation sites excluding steroid dienone is 1. The van der Waals surface area contributed by atoms with Crippen LogP contribution in [0.15, 0.2) is 11.6 Å². The molecule has 3 fully saturated rings. The lowest BCUT2D eigenvalue weighted by molar-refractivity contribution is -0.126. The number of fused-ring (bicyclic) bond motifs is 5. The van der Waals surface area contributed by atoms with Gasteiger partial charge in [0, 0.05) is 16.7 Å². The Kier molecular flexibility index (Phi) is 5.28. The Morgan fingerprint density at radius 1 is 1.22 bits per heavy atom. The second-order valence-electron chi connectivity index (χ2n) is 9.32. The van der Waals surface area contributed by atoms with Crippen molar-refractivity contribution in [3.05, 3.63) is 11.6 Å². The largest absolute Gasteiger partial charge is 0.393 e. The quantitative estimate of drug-likeness (QED) is 0.415. The smallest absolute Gasteiger partial charge is 0.320 e. The third kappa shape index (κ3) is 3.65. The molecular weight excluding hydrogens is 384 g/mol. The molecule has 4 rings (SSSR count). The normalized spacial score (nSPS) is 44.0. The maximum Gasteiger partial charge on any atom is 0.320 e. The van der Waals surface area contributed by atoms with E-state index in [0.717, 1.165) is 51.4 Å². The fraction of sp³-hybridized carbons (Fsp3) is 0.850. The zero-order valence-electron chi connectivity index (χ0n) is 15.8. The zero-order valence-corrected chi connectivity index (χ0v) is 17.5. The van der Waals surface area contributed by atoms with Gasteiger partial charge in [0.15, 0.2) is 0 Å². The van der Waals surface area contributed by atoms with Crippen LogP contribution in [0.5, 0.6) is 0 Å². The highest BCUT2D eigenvalue weighted by molar-refractivity contribution is 8.70. The number of Topliss-reactive ketones (excluding diaryl/α,β-unsaturated/α-hetero) is 1. The number of carbonyl (C=O) groups excluding carboxylic acids is 1. The van der Waals surface area contributed by atoms with Crippen molar-refractivity contribution in [2.75, 3.05) is 5.75 Å². The SMILES string of the molecule is CC12CCC3C4CCC(O)CC4=CCC3C1CCC2C(=O)CSS(=O)(=O)O. The lowest BCUT2D eigenvalue weighted by Crippen LogP contribution is -2.47. The number of aliphatic hydroxyl groups is 1. The number of hydrogen-bond acceptors (Lipinski definition) is 5. The molecule has 0 aromatic heterocycles. The van der Waals surface area contributed by atoms with E-state index >= 15 is 0 Å². The van der Waals surface area contributed by atoms with E-state index in [2.05, 4.69) is 13.0 Å². The van der Waals surface area contributed by atoms with Gasteiger partial charge in [-0.2, -0.15) is 8.42 Å². The van der Waals surface area contributed by atoms with Crippen LogP contribution in [0.4, 0.5) is 0 Å². The van der Waals surface area contributed by atoms with Crippen LogP contribution < -0.4 is 0 Å². The van der Waals surface area contributed by atoms with Gasteiger partial charge < -0.3 is 5.11 Å². The molecule has 2 N–H and O–H groups in total. The fourth-order valence-corrected chi connectivity index (χ4v) is 8.27. The van der Waals surface area contributed by atoms with E-state index in [1.165, 1.54) is 5.57 Å². The van der Waals surface area contributed by atoms with E-state index in [-0.39, 0.29) is 29.0 Å². The molecule has 4 aliphatic rings. The molecule has 0 aromatic rings. The maximum absolute atomic E-state index is 12.7. The van der Waals surface area contributed by atoms with Crippen molar-refractivity contribution in [1.29, 1.82) is 0 Å². The number of hydrogen-bond donors (Lipinski definition) is 2. The van der Waals surface area contributed by atoms with Gasteiger partial charge in [-0.05, 0) is 80.5 Å². The van der Waals surface area contributed by atoms with Crippen LogP contribution in [-0.4, -0.2) is 35.7 Å². The summed E-state index contributed by atoms with van der Waals surface area (Å²) in [6.45, 7) is 2.24. The van der Waals surface area contributed by atoms with Crippen molar-refractivity contribution >= 4 is 25.7 Å². The van der Waals surface area contributed by atoms with Crippen LogP contribution in [0.1, 0.15) is 58.3 Å². The predicted octanol–water partition coefficient (Wildman–Crippen LogP) is 3.64. The number of aliphatic hydroxyl groups excluding tert-OH is 1. The van der Waals surface area contributed by atoms with Gasteiger partial charge in [0.25, 0.3) is 0 Å². The summed E-state index contributed by atoms with van der Waals surface area (Å²) in [5, 5.41) is 10.00. The molecule has 7 heteroatoms. The molecule has 0 spiro atoms. The van der Waals surface area contributed by atoms with E-state index in [9.17, 15) is 18.3 Å². The van der Waals surface area contributed by atoms with Gasteiger partial charge in [0.1, 0.15) is 5.78 Å². The highest BCUT2D eigenvalue weighted by Crippen LogP contribution is 2.63. The molecule has 0 saturated heterocycles. The van der Waals surface area contributed by atoms with E-state index < -0.39 is 9.15 Å². The van der Waals surface area contributed by atoms with Gasteiger partial charge >= 0.3 is 9.15 Å². The molecule has 5 nitrogen and oxygen atoms in total. The number of ketones is 1. The second-order valence-corrected chi connectivity index (χ2v) is 12.7. The lowest BCUT2D eigenvalue weighted by atomic mass is 9.51. The van der Waals surface area contributed by atoms with Crippen LogP contribution in [0.3, 0.4) is 0 Å². The van der Waals surface area contributed by atoms with Crippen LogP contribution in [-0.2, 0) is 13.9 Å². The number of rotatable bonds is 4. The maximum atomic E-state index is 12.7. The van der Waals surface area contributed by atoms with E-state index in [0.29, 0.717) is 34.5 Å². The summed E-state index contributed by atoms with van der Waals surface area (Å²) in [5.74, 6) is 2.17. The van der Waals surface area contributed by atoms with Gasteiger partial charge in [-0.3, -0.25) is 9.35 Å². The Labute approximate surface area is 165 Å². The third-order valence-electron chi connectivity index (χ3n) is 8.16. The molecule has 0 aliphatic heterocycles. The van der Waals surface area contributed by atoms with Gasteiger partial charge in [-0.25, -0.2) is 0 Å². The van der Waals surface area contributed by atoms with Crippen molar-refractivity contribution in [1.82, 2.24) is 0 Å². The molecule has 0 amide bonds. The monoisotopic (exact) mass is 414 g/mol. The van der Waals surface area contributed by atoms with Crippen molar-refractivity contribution in [2.45, 2.75) is 64.4 Å². The minimum absolute atomic E-state index is 0.0195. The highest BCUT2D eigenvalue weighted by atomic mass is 33.1. The molecule has 3 saturated carbocycles. The Morgan fingerprint density at radius 3 is 2.74 bits per heavy atom. The Hall–Kier alpha value is -0.370. The highest BCUT2D eigenvalue weighted by Gasteiger charge is 2.57. The van der Waals surface area contributed by atoms with Crippen LogP contribution in [0.2, 0.25) is 0 Å². The van der Waals surface area contributed by atoms with Crippen molar-refractivity contribution < 1.29 is 22.9 Å². The number of carbonyl (C=O) groups is 1. The fourth-order valence-electron chi connectivity index (χ4n) is 7.01. The first kappa shape index (κ1) is 19.9. The van der Waals surface area contributed by atoms with Crippen LogP contribution in [0.25, 0.3) is 0 Å². The molecule has 152 valence electrons. The van der Waals surface area contributed by atoms with E-state index in [1.54, 1.807) is 0 Å². The molecule has 0 radical (unpaired) electrons. The Balaban J connectivity index is 1.50. The molecular formula is C20H30O5S2. The van der Waals surface area contributed by atoms with Crippen LogP contribution >= 0.6 is 10.8 Å². The standard InChI is InChI=1S/C20H30O5S2/c1-20-9-8-15-14-5-3-13(21)10-12(14)2-4-16(15)17(20)6-7-18(20)19(22)11-26-27(23,24)25/h2,13-18,21H,3-11H2,1H3,(H,23,24,25). The van der Waals surface area contributed by atoms with E-state index in [4.69, 9.17) is 4.55 Å². The zero-order chi connectivity index (χ0) is 19.4. The molecule has 7 atom stereocenters. The van der Waals surface area contributed by atoms with Gasteiger partial charge in [-0.1, -0.05) is 18.6 Å². The average Bonchev–Trinajstić information content (AvgIpc) is 2.96. The summed E-state index contributed by atoms with van der Waals surface area (Å²) >= 11 is 0. The van der Waals surface area contributed by atoms with Crippen molar-refractivity contribution in [2.24, 2.45) is 35.0 Å². The summed E-state index contributed by atoms with van der Waals surface area (Å²) in [7, 11) is -3.82. The summed E-state index contributed by atoms with van der Waals surface area (Å²) in [5.41, 5.74) is 1.42. The molecule has 7 unspecified atom stereocenters. The topological polar surface area (TPSA) is 91.7 Å². The summed E-state index contributed by atoms with van der Waals surface area (Å²) in [6.07, 6.45) is 10.1. The summed E-state index contributed by atoms with van der Waals surface area (Å²) in [4.78, 5) is 12.7. The predicted molar refractivity (Wildman–Crippen MR) is 106 cm³/mol. The first-order chi connectivity index (χ1) is 12.7. The molecule has 0 aromatic carbocycles. The minimum atomic E-state index is -4.17. The second kappa shape index (κ2) is 7.15. The molecule has 27 heavy (non-hydrogen) atoms. The molecule has 0 bridgehead atoms. The van der Waals surface area contributed by atoms with Crippen LogP contribution in [0, 0.1) is 35.0 Å². The third-order valence-corrected chi connectivity index (χ3v) is 10.1. The van der Waals surface area contributed by atoms with Gasteiger partial charge in [0.2, 0.25) is 0 Å². The average molecular weight is 415 g/mol. The summed E-state index contributed by atoms with van der Waals surface area (Å²) < 4.78 is 30.9. The van der Waals surface area contributed by atoms with Gasteiger partial charge in [-0.15, -0.1) is 0 Å². The first-order valence-electron chi connectivity index (χ1n) is 10.2.